The van der Waals surface area contributed by atoms with Gasteiger partial charge >= 0.3 is 0 Å². The third-order valence-corrected chi connectivity index (χ3v) is 6.34. The Bertz CT molecular complexity index is 1530. The van der Waals surface area contributed by atoms with Gasteiger partial charge in [0.15, 0.2) is 0 Å². The van der Waals surface area contributed by atoms with Crippen molar-refractivity contribution in [3.05, 3.63) is 125 Å². The molecule has 5 aromatic rings. The first-order chi connectivity index (χ1) is 16.1. The second-order valence-electron chi connectivity index (χ2n) is 8.80. The van der Waals surface area contributed by atoms with Crippen LogP contribution < -0.4 is 0 Å². The van der Waals surface area contributed by atoms with E-state index in [0.717, 1.165) is 0 Å². The van der Waals surface area contributed by atoms with Crippen LogP contribution in [0.3, 0.4) is 0 Å². The van der Waals surface area contributed by atoms with Crippen molar-refractivity contribution in [3.63, 3.8) is 0 Å². The molecular formula is C33H28. The van der Waals surface area contributed by atoms with Gasteiger partial charge in [0.05, 0.1) is 0 Å². The van der Waals surface area contributed by atoms with Gasteiger partial charge in [0, 0.05) is 0 Å². The van der Waals surface area contributed by atoms with E-state index in [1.807, 2.05) is 0 Å². The number of rotatable bonds is 4. The molecule has 0 radical (unpaired) electrons. The van der Waals surface area contributed by atoms with E-state index in [4.69, 9.17) is 0 Å². The predicted molar refractivity (Wildman–Crippen MR) is 146 cm³/mol. The van der Waals surface area contributed by atoms with Crippen molar-refractivity contribution < 1.29 is 0 Å². The SMILES string of the molecule is C/C=C\c1c(C)cccc1/C=C/c1ccc2cc(-c3ccc4cc(C)ccc4c3)ccc2c1. The zero-order valence-corrected chi connectivity index (χ0v) is 19.5. The molecule has 0 aromatic heterocycles. The molecule has 0 bridgehead atoms. The smallest absolute Gasteiger partial charge is 0.0158 e. The first-order valence-corrected chi connectivity index (χ1v) is 11.6. The van der Waals surface area contributed by atoms with Crippen molar-refractivity contribution in [2.45, 2.75) is 20.8 Å². The summed E-state index contributed by atoms with van der Waals surface area (Å²) in [6, 6.07) is 33.3. The summed E-state index contributed by atoms with van der Waals surface area (Å²) in [5, 5.41) is 5.10. The van der Waals surface area contributed by atoms with E-state index < -0.39 is 0 Å². The summed E-state index contributed by atoms with van der Waals surface area (Å²) in [6.45, 7) is 6.37. The summed E-state index contributed by atoms with van der Waals surface area (Å²) in [5.74, 6) is 0. The van der Waals surface area contributed by atoms with Crippen LogP contribution in [0, 0.1) is 13.8 Å². The molecule has 0 atom stereocenters. The fraction of sp³-hybridized carbons (Fsp3) is 0.0909. The maximum Gasteiger partial charge on any atom is -0.0158 e. The summed E-state index contributed by atoms with van der Waals surface area (Å²) in [6.07, 6.45) is 8.71. The highest BCUT2D eigenvalue weighted by Gasteiger charge is 2.04. The van der Waals surface area contributed by atoms with Crippen LogP contribution in [0.5, 0.6) is 0 Å². The highest BCUT2D eigenvalue weighted by atomic mass is 14.1. The summed E-state index contributed by atoms with van der Waals surface area (Å²) in [4.78, 5) is 0. The van der Waals surface area contributed by atoms with Gasteiger partial charge in [-0.25, -0.2) is 0 Å². The molecule has 0 heteroatoms. The monoisotopic (exact) mass is 424 g/mol. The average molecular weight is 425 g/mol. The Labute approximate surface area is 196 Å². The molecule has 0 aliphatic heterocycles. The topological polar surface area (TPSA) is 0 Å². The molecular weight excluding hydrogens is 396 g/mol. The van der Waals surface area contributed by atoms with Gasteiger partial charge in [0.2, 0.25) is 0 Å². The van der Waals surface area contributed by atoms with Crippen molar-refractivity contribution in [2.24, 2.45) is 0 Å². The Kier molecular flexibility index (Phi) is 5.67. The molecule has 0 saturated carbocycles. The minimum absolute atomic E-state index is 1.21. The summed E-state index contributed by atoms with van der Waals surface area (Å²) in [5.41, 5.74) is 8.85. The third kappa shape index (κ3) is 4.38. The van der Waals surface area contributed by atoms with Crippen molar-refractivity contribution in [2.75, 3.05) is 0 Å². The lowest BCUT2D eigenvalue weighted by molar-refractivity contribution is 1.43. The molecule has 0 amide bonds. The molecule has 0 unspecified atom stereocenters. The molecule has 160 valence electrons. The third-order valence-electron chi connectivity index (χ3n) is 6.34. The molecule has 0 heterocycles. The van der Waals surface area contributed by atoms with Gasteiger partial charge in [-0.3, -0.25) is 0 Å². The van der Waals surface area contributed by atoms with E-state index in [1.165, 1.54) is 60.5 Å². The van der Waals surface area contributed by atoms with Crippen molar-refractivity contribution in [3.8, 4) is 11.1 Å². The van der Waals surface area contributed by atoms with Crippen LogP contribution in [0.25, 0.3) is 50.9 Å². The van der Waals surface area contributed by atoms with Gasteiger partial charge in [0.25, 0.3) is 0 Å². The lowest BCUT2D eigenvalue weighted by Gasteiger charge is -2.08. The molecule has 0 nitrogen and oxygen atoms in total. The maximum atomic E-state index is 2.29. The zero-order valence-electron chi connectivity index (χ0n) is 19.5. The van der Waals surface area contributed by atoms with Crippen LogP contribution in [0.4, 0.5) is 0 Å². The molecule has 0 aliphatic rings. The standard InChI is InChI=1S/C33H28/c1-4-6-33-24(3)7-5-8-26(33)13-10-25-11-14-30-22-32(18-16-28(30)20-25)31-17-15-27-19-23(2)9-12-29(27)21-31/h4-22H,1-3H3/b6-4-,13-10+. The van der Waals surface area contributed by atoms with E-state index in [0.29, 0.717) is 0 Å². The van der Waals surface area contributed by atoms with Crippen LogP contribution in [-0.2, 0) is 0 Å². The van der Waals surface area contributed by atoms with Crippen molar-refractivity contribution in [1.29, 1.82) is 0 Å². The van der Waals surface area contributed by atoms with Crippen LogP contribution in [-0.4, -0.2) is 0 Å². The van der Waals surface area contributed by atoms with Gasteiger partial charge in [-0.15, -0.1) is 0 Å². The van der Waals surface area contributed by atoms with Crippen LogP contribution in [0.2, 0.25) is 0 Å². The number of aryl methyl sites for hydroxylation is 2. The molecule has 0 N–H and O–H groups in total. The van der Waals surface area contributed by atoms with Gasteiger partial charge < -0.3 is 0 Å². The normalized spacial score (nSPS) is 11.8. The van der Waals surface area contributed by atoms with Crippen molar-refractivity contribution in [1.82, 2.24) is 0 Å². The van der Waals surface area contributed by atoms with Crippen LogP contribution >= 0.6 is 0 Å². The fourth-order valence-corrected chi connectivity index (χ4v) is 4.52. The number of benzene rings is 5. The van der Waals surface area contributed by atoms with E-state index in [2.05, 4.69) is 136 Å². The van der Waals surface area contributed by atoms with E-state index in [-0.39, 0.29) is 0 Å². The van der Waals surface area contributed by atoms with Crippen molar-refractivity contribution >= 4 is 39.8 Å². The Morgan fingerprint density at radius 3 is 1.91 bits per heavy atom. The minimum Gasteiger partial charge on any atom is -0.0870 e. The average Bonchev–Trinajstić information content (AvgIpc) is 2.83. The second kappa shape index (κ2) is 8.92. The molecule has 33 heavy (non-hydrogen) atoms. The van der Waals surface area contributed by atoms with E-state index >= 15 is 0 Å². The number of allylic oxidation sites excluding steroid dienone is 1. The molecule has 0 aliphatic carbocycles. The van der Waals surface area contributed by atoms with E-state index in [1.54, 1.807) is 0 Å². The fourth-order valence-electron chi connectivity index (χ4n) is 4.52. The predicted octanol–water partition coefficient (Wildman–Crippen LogP) is 9.48. The molecule has 5 rings (SSSR count). The lowest BCUT2D eigenvalue weighted by Crippen LogP contribution is -1.85. The van der Waals surface area contributed by atoms with Gasteiger partial charge in [-0.2, -0.15) is 0 Å². The highest BCUT2D eigenvalue weighted by Crippen LogP contribution is 2.29. The molecule has 0 fully saturated rings. The molecule has 0 saturated heterocycles. The first-order valence-electron chi connectivity index (χ1n) is 11.6. The Hall–Kier alpha value is -3.90. The van der Waals surface area contributed by atoms with Crippen LogP contribution in [0.1, 0.15) is 34.7 Å². The summed E-state index contributed by atoms with van der Waals surface area (Å²) >= 11 is 0. The zero-order chi connectivity index (χ0) is 22.8. The van der Waals surface area contributed by atoms with E-state index in [9.17, 15) is 0 Å². The second-order valence-corrected chi connectivity index (χ2v) is 8.80. The number of hydrogen-bond donors (Lipinski definition) is 0. The largest absolute Gasteiger partial charge is 0.0870 e. The lowest BCUT2D eigenvalue weighted by atomic mass is 9.97. The minimum atomic E-state index is 1.21. The highest BCUT2D eigenvalue weighted by molar-refractivity contribution is 5.92. The Morgan fingerprint density at radius 1 is 0.545 bits per heavy atom. The molecule has 5 aromatic carbocycles. The first kappa shape index (κ1) is 21.0. The van der Waals surface area contributed by atoms with Gasteiger partial charge in [-0.05, 0) is 93.9 Å². The number of fused-ring (bicyclic) bond motifs is 2. The van der Waals surface area contributed by atoms with Crippen LogP contribution in [0.15, 0.2) is 97.1 Å². The quantitative estimate of drug-likeness (QED) is 0.252. The number of hydrogen-bond acceptors (Lipinski definition) is 0. The summed E-state index contributed by atoms with van der Waals surface area (Å²) in [7, 11) is 0. The Balaban J connectivity index is 1.46. The molecule has 0 spiro atoms. The maximum absolute atomic E-state index is 2.29. The van der Waals surface area contributed by atoms with Gasteiger partial charge in [-0.1, -0.05) is 103 Å². The Morgan fingerprint density at radius 2 is 1.18 bits per heavy atom. The summed E-state index contributed by atoms with van der Waals surface area (Å²) < 4.78 is 0. The van der Waals surface area contributed by atoms with Gasteiger partial charge in [0.1, 0.15) is 0 Å².